The summed E-state index contributed by atoms with van der Waals surface area (Å²) in [5, 5.41) is 25.5. The van der Waals surface area contributed by atoms with E-state index in [0.717, 1.165) is 0 Å². The number of hydrogen-bond donors (Lipinski definition) is 5. The summed E-state index contributed by atoms with van der Waals surface area (Å²) in [5.41, 5.74) is -1.26. The fourth-order valence-corrected chi connectivity index (χ4v) is 7.70. The van der Waals surface area contributed by atoms with Crippen molar-refractivity contribution >= 4 is 81.2 Å². The number of imidazole rings is 2. The molecule has 2 fully saturated rings. The van der Waals surface area contributed by atoms with E-state index in [-0.39, 0.29) is 11.3 Å². The van der Waals surface area contributed by atoms with E-state index < -0.39 is 75.3 Å². The second-order valence-corrected chi connectivity index (χ2v) is 15.6. The number of aliphatic hydroxyl groups excluding tert-OH is 2. The maximum absolute atomic E-state index is 15.3. The number of rotatable bonds is 14. The first-order valence-corrected chi connectivity index (χ1v) is 21.3. The predicted molar refractivity (Wildman–Crippen MR) is 179 cm³/mol. The Morgan fingerprint density at radius 3 is 1.71 bits per heavy atom. The van der Waals surface area contributed by atoms with Crippen molar-refractivity contribution in [3.63, 3.8) is 0 Å². The summed E-state index contributed by atoms with van der Waals surface area (Å²) >= 11 is 5.28. The van der Waals surface area contributed by atoms with E-state index in [2.05, 4.69) is 52.8 Å². The molecular weight excluding hydrogens is 815 g/mol. The summed E-state index contributed by atoms with van der Waals surface area (Å²) in [6.07, 6.45) is -1.62. The predicted octanol–water partition coefficient (Wildman–Crippen LogP) is 2.42. The van der Waals surface area contributed by atoms with Crippen LogP contribution in [0.3, 0.4) is 0 Å². The minimum Gasteiger partial charge on any atom is -0.394 e. The third-order valence-electron chi connectivity index (χ3n) is 7.57. The maximum atomic E-state index is 15.3. The van der Waals surface area contributed by atoms with Crippen LogP contribution in [0.1, 0.15) is 12.5 Å². The molecule has 48 heavy (non-hydrogen) atoms. The number of nitrogens with one attached hydrogen (secondary N) is 2. The Morgan fingerprint density at radius 1 is 0.833 bits per heavy atom. The molecule has 0 aliphatic carbocycles. The molecule has 10 atom stereocenters. The molecule has 6 rings (SSSR count). The van der Waals surface area contributed by atoms with E-state index in [1.165, 1.54) is 34.4 Å². The molecule has 2 saturated heterocycles. The highest BCUT2D eigenvalue weighted by Crippen LogP contribution is 2.43. The minimum absolute atomic E-state index is 0.270. The average Bonchev–Trinajstić information content (AvgIpc) is 3.83. The molecule has 24 heteroatoms. The molecule has 0 saturated carbocycles. The van der Waals surface area contributed by atoms with Crippen LogP contribution in [0.25, 0.3) is 22.3 Å². The van der Waals surface area contributed by atoms with E-state index in [4.69, 9.17) is 18.5 Å². The molecule has 0 aromatic carbocycles. The third-order valence-corrected chi connectivity index (χ3v) is 9.58. The number of nitrogens with zero attached hydrogens (tertiary/aromatic N) is 8. The van der Waals surface area contributed by atoms with Crippen molar-refractivity contribution < 1.29 is 46.6 Å². The molecule has 260 valence electrons. The minimum atomic E-state index is -2.79. The number of aromatic nitrogens is 8. The summed E-state index contributed by atoms with van der Waals surface area (Å²) in [6, 6.07) is 0. The molecule has 3 unspecified atom stereocenters. The van der Waals surface area contributed by atoms with Crippen molar-refractivity contribution in [2.45, 2.75) is 49.2 Å². The standard InChI is InChI=1S/C24H29F2IN10O8P2S/c25-13-17(44-46(27)40)11(5-38)42-23(13)36-9-34-15-19(30-7-32-21(15)36)28-3-1-2-4-29-20-16-22(33-8-31-20)37(10-35-16)24-14(26)18(45-47(41)48)12(6-39)43-24/h1-2,7-14,17-18,23-24,38-39,46-47H,3-6H2,(H,41,48)(H,28,30,32)(H,29,31,33)/b2-1+/t11?,12-,13-,14-,17-,18-,23-,24-/m1/s1. The van der Waals surface area contributed by atoms with E-state index in [9.17, 15) is 19.3 Å². The van der Waals surface area contributed by atoms with Gasteiger partial charge in [0.2, 0.25) is 12.9 Å². The van der Waals surface area contributed by atoms with Gasteiger partial charge in [0.25, 0.3) is 0 Å². The van der Waals surface area contributed by atoms with Gasteiger partial charge in [-0.1, -0.05) is 24.4 Å². The van der Waals surface area contributed by atoms with Crippen molar-refractivity contribution in [1.82, 2.24) is 39.0 Å². The SMILES string of the molecule is O=[PH](S)O[C@H]1[C@@H](F)[C@H](n2cnc3c(NC/C=C/CNc4ncnc5c4ncn5[C@@H]4OC(CO)[C@@H](O[PH](=O)I)[C@H]4F)ncnc32)O[C@@H]1CO. The van der Waals surface area contributed by atoms with Crippen LogP contribution in [0.2, 0.25) is 0 Å². The number of thiol groups is 1. The first kappa shape index (κ1) is 35.4. The molecule has 4 aromatic heterocycles. The Labute approximate surface area is 289 Å². The molecule has 4 aromatic rings. The smallest absolute Gasteiger partial charge is 0.249 e. The Kier molecular flexibility index (Phi) is 11.6. The average molecular weight is 844 g/mol. The zero-order valence-corrected chi connectivity index (χ0v) is 29.5. The lowest BCUT2D eigenvalue weighted by Gasteiger charge is -2.16. The van der Waals surface area contributed by atoms with Gasteiger partial charge in [-0.3, -0.25) is 18.3 Å². The monoisotopic (exact) mass is 844 g/mol. The summed E-state index contributed by atoms with van der Waals surface area (Å²) in [6.45, 7) is -0.410. The number of alkyl halides is 2. The van der Waals surface area contributed by atoms with Crippen LogP contribution in [-0.4, -0.2) is 112 Å². The number of hydrogen-bond acceptors (Lipinski definition) is 16. The molecule has 0 spiro atoms. The Balaban J connectivity index is 1.07. The fraction of sp³-hybridized carbons (Fsp3) is 0.500. The van der Waals surface area contributed by atoms with Gasteiger partial charge in [0.1, 0.15) is 37.1 Å². The molecule has 2 aliphatic rings. The third kappa shape index (κ3) is 7.23. The van der Waals surface area contributed by atoms with Crippen molar-refractivity contribution in [2.75, 3.05) is 36.9 Å². The summed E-state index contributed by atoms with van der Waals surface area (Å²) in [7, 11) is -2.79. The zero-order chi connectivity index (χ0) is 33.9. The van der Waals surface area contributed by atoms with E-state index in [1.807, 2.05) is 12.2 Å². The number of halogens is 3. The molecule has 2 aliphatic heterocycles. The van der Waals surface area contributed by atoms with Gasteiger partial charge in [-0.15, -0.1) is 0 Å². The maximum Gasteiger partial charge on any atom is 0.249 e. The molecule has 18 nitrogen and oxygen atoms in total. The fourth-order valence-electron chi connectivity index (χ4n) is 5.45. The Bertz CT molecular complexity index is 1700. The second kappa shape index (κ2) is 15.7. The van der Waals surface area contributed by atoms with Crippen LogP contribution in [0, 0.1) is 0 Å². The van der Waals surface area contributed by atoms with Gasteiger partial charge in [-0.05, 0) is 0 Å². The Hall–Kier alpha value is -2.40. The molecule has 6 heterocycles. The van der Waals surface area contributed by atoms with Gasteiger partial charge in [0.05, 0.1) is 25.9 Å². The molecular formula is C24H29F2IN10O8P2S. The van der Waals surface area contributed by atoms with Crippen LogP contribution in [0.15, 0.2) is 37.5 Å². The van der Waals surface area contributed by atoms with Crippen molar-refractivity contribution in [2.24, 2.45) is 0 Å². The first-order chi connectivity index (χ1) is 23.2. The van der Waals surface area contributed by atoms with Gasteiger partial charge in [0, 0.05) is 35.1 Å². The highest BCUT2D eigenvalue weighted by atomic mass is 127. The lowest BCUT2D eigenvalue weighted by Crippen LogP contribution is -2.31. The number of aliphatic hydroxyl groups is 2. The van der Waals surface area contributed by atoms with Gasteiger partial charge in [-0.2, -0.15) is 0 Å². The van der Waals surface area contributed by atoms with Crippen LogP contribution >= 0.6 is 47.2 Å². The van der Waals surface area contributed by atoms with Crippen molar-refractivity contribution in [3.05, 3.63) is 37.5 Å². The molecule has 0 bridgehead atoms. The molecule has 0 amide bonds. The lowest BCUT2D eigenvalue weighted by molar-refractivity contribution is -0.0427. The zero-order valence-electron chi connectivity index (χ0n) is 24.4. The van der Waals surface area contributed by atoms with E-state index in [0.29, 0.717) is 35.8 Å². The summed E-state index contributed by atoms with van der Waals surface area (Å²) in [5.74, 6) is 0.761. The van der Waals surface area contributed by atoms with E-state index in [1.54, 1.807) is 22.0 Å². The lowest BCUT2D eigenvalue weighted by atomic mass is 10.1. The first-order valence-electron chi connectivity index (χ1n) is 14.3. The van der Waals surface area contributed by atoms with Crippen LogP contribution in [0.5, 0.6) is 0 Å². The van der Waals surface area contributed by atoms with Crippen LogP contribution in [-0.2, 0) is 27.7 Å². The molecule has 4 N–H and O–H groups in total. The normalized spacial score (nSPS) is 28.9. The number of fused-ring (bicyclic) bond motifs is 2. The van der Waals surface area contributed by atoms with Gasteiger partial charge in [0.15, 0.2) is 58.8 Å². The van der Waals surface area contributed by atoms with E-state index >= 15 is 8.78 Å². The van der Waals surface area contributed by atoms with Gasteiger partial charge >= 0.3 is 0 Å². The quantitative estimate of drug-likeness (QED) is 0.0532. The summed E-state index contributed by atoms with van der Waals surface area (Å²) < 4.78 is 77.9. The highest BCUT2D eigenvalue weighted by Gasteiger charge is 2.49. The van der Waals surface area contributed by atoms with Crippen molar-refractivity contribution in [1.29, 1.82) is 0 Å². The topological polar surface area (TPSA) is 223 Å². The number of ether oxygens (including phenoxy) is 2. The number of anilines is 2. The largest absolute Gasteiger partial charge is 0.394 e. The highest BCUT2D eigenvalue weighted by molar-refractivity contribution is 14.2. The Morgan fingerprint density at radius 2 is 1.29 bits per heavy atom. The van der Waals surface area contributed by atoms with Crippen molar-refractivity contribution in [3.8, 4) is 0 Å². The molecule has 0 radical (unpaired) electrons. The van der Waals surface area contributed by atoms with Gasteiger partial charge in [-0.25, -0.2) is 38.7 Å². The van der Waals surface area contributed by atoms with Gasteiger partial charge < -0.3 is 39.4 Å². The van der Waals surface area contributed by atoms with Crippen LogP contribution < -0.4 is 10.6 Å². The second-order valence-electron chi connectivity index (χ2n) is 10.4. The summed E-state index contributed by atoms with van der Waals surface area (Å²) in [4.78, 5) is 25.5. The van der Waals surface area contributed by atoms with Crippen LogP contribution in [0.4, 0.5) is 20.4 Å².